The molecule has 4 rings (SSSR count). The zero-order chi connectivity index (χ0) is 15.8. The molecule has 2 bridgehead atoms. The van der Waals surface area contributed by atoms with Gasteiger partial charge in [0.2, 0.25) is 0 Å². The van der Waals surface area contributed by atoms with Crippen LogP contribution in [0.25, 0.3) is 6.08 Å². The molecule has 0 aromatic carbocycles. The molecule has 0 aliphatic carbocycles. The van der Waals surface area contributed by atoms with Crippen molar-refractivity contribution < 1.29 is 4.74 Å². The molecule has 1 aromatic rings. The van der Waals surface area contributed by atoms with Gasteiger partial charge in [0, 0.05) is 56.6 Å². The average molecular weight is 314 g/mol. The van der Waals surface area contributed by atoms with Crippen molar-refractivity contribution in [1.29, 1.82) is 0 Å². The SMILES string of the molecule is C/C=C/c1ccc(=O)n2c1[C@@H]1C[C@@H](CN(C3CCOCC3)C1)C2. The summed E-state index contributed by atoms with van der Waals surface area (Å²) in [6.45, 7) is 6.96. The normalized spacial score (nSPS) is 28.9. The summed E-state index contributed by atoms with van der Waals surface area (Å²) >= 11 is 0. The monoisotopic (exact) mass is 314 g/mol. The second-order valence-corrected chi connectivity index (χ2v) is 7.22. The van der Waals surface area contributed by atoms with E-state index in [4.69, 9.17) is 4.74 Å². The van der Waals surface area contributed by atoms with E-state index >= 15 is 0 Å². The Kier molecular flexibility index (Phi) is 4.12. The molecule has 0 amide bonds. The van der Waals surface area contributed by atoms with E-state index < -0.39 is 0 Å². The van der Waals surface area contributed by atoms with E-state index in [1.807, 2.05) is 13.0 Å². The van der Waals surface area contributed by atoms with Gasteiger partial charge in [0.1, 0.15) is 0 Å². The van der Waals surface area contributed by atoms with Gasteiger partial charge >= 0.3 is 0 Å². The fraction of sp³-hybridized carbons (Fsp3) is 0.632. The van der Waals surface area contributed by atoms with Crippen molar-refractivity contribution in [2.45, 2.75) is 44.7 Å². The minimum absolute atomic E-state index is 0.169. The number of aromatic nitrogens is 1. The van der Waals surface area contributed by atoms with Crippen molar-refractivity contribution in [1.82, 2.24) is 9.47 Å². The third kappa shape index (κ3) is 2.79. The first-order valence-electron chi connectivity index (χ1n) is 8.94. The van der Waals surface area contributed by atoms with E-state index in [1.165, 1.54) is 17.7 Å². The highest BCUT2D eigenvalue weighted by molar-refractivity contribution is 5.53. The number of pyridine rings is 1. The Morgan fingerprint density at radius 2 is 2.00 bits per heavy atom. The fourth-order valence-electron chi connectivity index (χ4n) is 4.75. The first-order valence-corrected chi connectivity index (χ1v) is 8.94. The molecular weight excluding hydrogens is 288 g/mol. The lowest BCUT2D eigenvalue weighted by Gasteiger charge is -2.47. The topological polar surface area (TPSA) is 34.5 Å². The Labute approximate surface area is 137 Å². The highest BCUT2D eigenvalue weighted by atomic mass is 16.5. The van der Waals surface area contributed by atoms with Crippen LogP contribution in [0.1, 0.15) is 43.4 Å². The highest BCUT2D eigenvalue weighted by Gasteiger charge is 2.38. The third-order valence-electron chi connectivity index (χ3n) is 5.70. The van der Waals surface area contributed by atoms with Gasteiger partial charge in [-0.15, -0.1) is 0 Å². The summed E-state index contributed by atoms with van der Waals surface area (Å²) in [5.74, 6) is 1.10. The van der Waals surface area contributed by atoms with Crippen LogP contribution in [-0.2, 0) is 11.3 Å². The van der Waals surface area contributed by atoms with Crippen molar-refractivity contribution in [2.24, 2.45) is 5.92 Å². The van der Waals surface area contributed by atoms with Crippen molar-refractivity contribution in [3.63, 3.8) is 0 Å². The maximum atomic E-state index is 12.3. The van der Waals surface area contributed by atoms with Crippen LogP contribution < -0.4 is 5.56 Å². The molecule has 3 aliphatic heterocycles. The van der Waals surface area contributed by atoms with E-state index in [-0.39, 0.29) is 5.56 Å². The molecule has 0 N–H and O–H groups in total. The van der Waals surface area contributed by atoms with Gasteiger partial charge in [-0.25, -0.2) is 0 Å². The summed E-state index contributed by atoms with van der Waals surface area (Å²) in [5.41, 5.74) is 2.66. The van der Waals surface area contributed by atoms with Crippen LogP contribution in [0, 0.1) is 5.92 Å². The smallest absolute Gasteiger partial charge is 0.250 e. The Morgan fingerprint density at radius 1 is 1.17 bits per heavy atom. The molecule has 0 radical (unpaired) electrons. The van der Waals surface area contributed by atoms with Gasteiger partial charge in [0.15, 0.2) is 0 Å². The molecule has 4 heteroatoms. The zero-order valence-electron chi connectivity index (χ0n) is 13.9. The van der Waals surface area contributed by atoms with Gasteiger partial charge < -0.3 is 9.30 Å². The van der Waals surface area contributed by atoms with Gasteiger partial charge in [-0.05, 0) is 43.7 Å². The Hall–Kier alpha value is -1.39. The molecule has 4 heterocycles. The van der Waals surface area contributed by atoms with Gasteiger partial charge in [-0.2, -0.15) is 0 Å². The quantitative estimate of drug-likeness (QED) is 0.841. The van der Waals surface area contributed by atoms with Crippen LogP contribution in [-0.4, -0.2) is 41.8 Å². The summed E-state index contributed by atoms with van der Waals surface area (Å²) in [5, 5.41) is 0. The maximum Gasteiger partial charge on any atom is 0.250 e. The Morgan fingerprint density at radius 3 is 2.78 bits per heavy atom. The van der Waals surface area contributed by atoms with Crippen molar-refractivity contribution in [3.8, 4) is 0 Å². The number of nitrogens with zero attached hydrogens (tertiary/aromatic N) is 2. The molecule has 1 aromatic heterocycles. The molecule has 124 valence electrons. The highest BCUT2D eigenvalue weighted by Crippen LogP contribution is 2.38. The summed E-state index contributed by atoms with van der Waals surface area (Å²) in [6, 6.07) is 4.40. The minimum atomic E-state index is 0.169. The van der Waals surface area contributed by atoms with E-state index in [0.717, 1.165) is 45.7 Å². The summed E-state index contributed by atoms with van der Waals surface area (Å²) in [6.07, 6.45) is 7.77. The summed E-state index contributed by atoms with van der Waals surface area (Å²) < 4.78 is 7.58. The lowest BCUT2D eigenvalue weighted by molar-refractivity contribution is 0.00584. The number of rotatable bonds is 2. The van der Waals surface area contributed by atoms with Crippen molar-refractivity contribution >= 4 is 6.08 Å². The van der Waals surface area contributed by atoms with E-state index in [0.29, 0.717) is 17.9 Å². The number of ether oxygens (including phenoxy) is 1. The van der Waals surface area contributed by atoms with Crippen LogP contribution >= 0.6 is 0 Å². The first kappa shape index (κ1) is 15.2. The second-order valence-electron chi connectivity index (χ2n) is 7.22. The summed E-state index contributed by atoms with van der Waals surface area (Å²) in [7, 11) is 0. The van der Waals surface area contributed by atoms with Crippen LogP contribution in [0.3, 0.4) is 0 Å². The predicted molar refractivity (Wildman–Crippen MR) is 91.7 cm³/mol. The van der Waals surface area contributed by atoms with Crippen LogP contribution in [0.5, 0.6) is 0 Å². The summed E-state index contributed by atoms with van der Waals surface area (Å²) in [4.78, 5) is 15.0. The zero-order valence-corrected chi connectivity index (χ0v) is 13.9. The third-order valence-corrected chi connectivity index (χ3v) is 5.70. The molecule has 23 heavy (non-hydrogen) atoms. The Balaban J connectivity index is 1.67. The molecule has 2 fully saturated rings. The maximum absolute atomic E-state index is 12.3. The van der Waals surface area contributed by atoms with Gasteiger partial charge in [-0.3, -0.25) is 9.69 Å². The van der Waals surface area contributed by atoms with E-state index in [9.17, 15) is 4.79 Å². The number of hydrogen-bond donors (Lipinski definition) is 0. The van der Waals surface area contributed by atoms with Crippen molar-refractivity contribution in [2.75, 3.05) is 26.3 Å². The predicted octanol–water partition coefficient (Wildman–Crippen LogP) is 2.48. The molecule has 2 saturated heterocycles. The standard InChI is InChI=1S/C19H26N2O2/c1-2-3-15-4-5-18(22)21-12-14-10-16(19(15)21)13-20(11-14)17-6-8-23-9-7-17/h2-5,14,16-17H,6-13H2,1H3/b3-2+/t14-,16+/m0/s1. The molecular formula is C19H26N2O2. The van der Waals surface area contributed by atoms with Crippen molar-refractivity contribution in [3.05, 3.63) is 39.8 Å². The largest absolute Gasteiger partial charge is 0.381 e. The molecule has 3 aliphatic rings. The van der Waals surface area contributed by atoms with Gasteiger partial charge in [0.05, 0.1) is 0 Å². The number of hydrogen-bond acceptors (Lipinski definition) is 3. The number of fused-ring (bicyclic) bond motifs is 4. The van der Waals surface area contributed by atoms with Crippen LogP contribution in [0.2, 0.25) is 0 Å². The number of allylic oxidation sites excluding steroid dienone is 1. The fourth-order valence-corrected chi connectivity index (χ4v) is 4.75. The lowest BCUT2D eigenvalue weighted by atomic mass is 9.80. The van der Waals surface area contributed by atoms with E-state index in [1.54, 1.807) is 6.07 Å². The second kappa shape index (κ2) is 6.25. The van der Waals surface area contributed by atoms with Crippen LogP contribution in [0.15, 0.2) is 23.0 Å². The molecule has 0 spiro atoms. The lowest BCUT2D eigenvalue weighted by Crippen LogP contribution is -2.52. The minimum Gasteiger partial charge on any atom is -0.381 e. The number of piperidine rings is 1. The molecule has 4 nitrogen and oxygen atoms in total. The Bertz CT molecular complexity index is 658. The van der Waals surface area contributed by atoms with E-state index in [2.05, 4.69) is 21.6 Å². The molecule has 0 unspecified atom stereocenters. The molecule has 0 saturated carbocycles. The number of likely N-dealkylation sites (tertiary alicyclic amines) is 1. The molecule has 2 atom stereocenters. The average Bonchev–Trinajstić information content (AvgIpc) is 2.58. The van der Waals surface area contributed by atoms with Crippen LogP contribution in [0.4, 0.5) is 0 Å². The van der Waals surface area contributed by atoms with Gasteiger partial charge in [0.25, 0.3) is 5.56 Å². The first-order chi connectivity index (χ1) is 11.3. The van der Waals surface area contributed by atoms with Gasteiger partial charge in [-0.1, -0.05) is 12.2 Å².